The third-order valence-corrected chi connectivity index (χ3v) is 5.59. The van der Waals surface area contributed by atoms with Gasteiger partial charge in [-0.2, -0.15) is 0 Å². The Hall–Kier alpha value is -2.19. The smallest absolute Gasteiger partial charge is 0.273 e. The van der Waals surface area contributed by atoms with Crippen molar-refractivity contribution in [3.63, 3.8) is 0 Å². The number of amidine groups is 1. The lowest BCUT2D eigenvalue weighted by Crippen LogP contribution is -2.32. The minimum Gasteiger partial charge on any atom is -0.286 e. The molecule has 0 atom stereocenters. The maximum absolute atomic E-state index is 12.8. The highest BCUT2D eigenvalue weighted by atomic mass is 79.9. The van der Waals surface area contributed by atoms with E-state index in [1.165, 1.54) is 17.8 Å². The molecule has 0 N–H and O–H groups in total. The molecule has 1 heterocycles. The van der Waals surface area contributed by atoms with E-state index in [9.17, 15) is 14.9 Å². The van der Waals surface area contributed by atoms with Gasteiger partial charge >= 0.3 is 0 Å². The molecule has 3 rings (SSSR count). The molecule has 0 saturated carbocycles. The number of rotatable bonds is 4. The molecule has 1 aliphatic rings. The van der Waals surface area contributed by atoms with Gasteiger partial charge in [0.25, 0.3) is 11.6 Å². The average molecular weight is 434 g/mol. The van der Waals surface area contributed by atoms with Crippen molar-refractivity contribution in [3.05, 3.63) is 73.7 Å². The van der Waals surface area contributed by atoms with E-state index in [0.717, 1.165) is 10.0 Å². The van der Waals surface area contributed by atoms with Crippen molar-refractivity contribution in [2.24, 2.45) is 4.99 Å². The van der Waals surface area contributed by atoms with Crippen LogP contribution in [0.2, 0.25) is 0 Å². The van der Waals surface area contributed by atoms with E-state index >= 15 is 0 Å². The van der Waals surface area contributed by atoms with Gasteiger partial charge in [0, 0.05) is 34.0 Å². The van der Waals surface area contributed by atoms with Crippen molar-refractivity contribution in [1.29, 1.82) is 0 Å². The van der Waals surface area contributed by atoms with Crippen LogP contribution in [-0.2, 0) is 5.75 Å². The third kappa shape index (κ3) is 4.13. The predicted octanol–water partition coefficient (Wildman–Crippen LogP) is 4.41. The molecule has 0 aliphatic carbocycles. The zero-order valence-electron chi connectivity index (χ0n) is 14.0. The molecular formula is C18H16BrN3O3S. The van der Waals surface area contributed by atoms with Gasteiger partial charge in [0.2, 0.25) is 0 Å². The standard InChI is InChI=1S/C18H16BrN3O3S/c1-12-2-5-14(10-16(12)22(24)25)17(23)21-9-8-20-18(21)26-11-13-3-6-15(19)7-4-13/h2-7,10H,8-9,11H2,1H3. The SMILES string of the molecule is Cc1ccc(C(=O)N2CCN=C2SCc2ccc(Br)cc2)cc1[N+](=O)[O-]. The number of hydrogen-bond donors (Lipinski definition) is 0. The van der Waals surface area contributed by atoms with Gasteiger partial charge in [0.1, 0.15) is 0 Å². The van der Waals surface area contributed by atoms with Gasteiger partial charge in [-0.3, -0.25) is 24.8 Å². The average Bonchev–Trinajstić information content (AvgIpc) is 3.09. The zero-order valence-corrected chi connectivity index (χ0v) is 16.4. The second-order valence-electron chi connectivity index (χ2n) is 5.79. The lowest BCUT2D eigenvalue weighted by molar-refractivity contribution is -0.385. The summed E-state index contributed by atoms with van der Waals surface area (Å²) in [6.45, 7) is 2.69. The Balaban J connectivity index is 1.73. The molecule has 0 unspecified atom stereocenters. The molecule has 2 aromatic rings. The summed E-state index contributed by atoms with van der Waals surface area (Å²) < 4.78 is 1.02. The van der Waals surface area contributed by atoms with Crippen molar-refractivity contribution in [2.75, 3.05) is 13.1 Å². The lowest BCUT2D eigenvalue weighted by atomic mass is 10.1. The number of benzene rings is 2. The maximum atomic E-state index is 12.8. The Labute approximate surface area is 163 Å². The van der Waals surface area contributed by atoms with Crippen molar-refractivity contribution >= 4 is 44.5 Å². The number of hydrogen-bond acceptors (Lipinski definition) is 5. The summed E-state index contributed by atoms with van der Waals surface area (Å²) in [5, 5.41) is 11.8. The summed E-state index contributed by atoms with van der Waals surface area (Å²) >= 11 is 4.90. The number of halogens is 1. The summed E-state index contributed by atoms with van der Waals surface area (Å²) in [5.74, 6) is 0.442. The Kier molecular flexibility index (Phi) is 5.73. The van der Waals surface area contributed by atoms with E-state index in [-0.39, 0.29) is 11.6 Å². The minimum absolute atomic E-state index is 0.0453. The Morgan fingerprint density at radius 3 is 2.73 bits per heavy atom. The van der Waals surface area contributed by atoms with Crippen LogP contribution in [0.15, 0.2) is 51.9 Å². The Morgan fingerprint density at radius 2 is 2.04 bits per heavy atom. The van der Waals surface area contributed by atoms with Crippen LogP contribution in [0.1, 0.15) is 21.5 Å². The number of carbonyl (C=O) groups excluding carboxylic acids is 1. The van der Waals surface area contributed by atoms with Crippen molar-refractivity contribution in [2.45, 2.75) is 12.7 Å². The van der Waals surface area contributed by atoms with Crippen molar-refractivity contribution in [1.82, 2.24) is 4.90 Å². The fraction of sp³-hybridized carbons (Fsp3) is 0.222. The van der Waals surface area contributed by atoms with Crippen LogP contribution in [0.3, 0.4) is 0 Å². The topological polar surface area (TPSA) is 75.8 Å². The van der Waals surface area contributed by atoms with E-state index < -0.39 is 4.92 Å². The predicted molar refractivity (Wildman–Crippen MR) is 107 cm³/mol. The molecule has 0 spiro atoms. The molecule has 134 valence electrons. The molecule has 0 radical (unpaired) electrons. The molecule has 8 heteroatoms. The van der Waals surface area contributed by atoms with Crippen molar-refractivity contribution in [3.8, 4) is 0 Å². The van der Waals surface area contributed by atoms with Gasteiger partial charge in [-0.25, -0.2) is 0 Å². The first-order valence-corrected chi connectivity index (χ1v) is 9.72. The number of carbonyl (C=O) groups is 1. The molecule has 0 aromatic heterocycles. The normalized spacial score (nSPS) is 13.6. The van der Waals surface area contributed by atoms with E-state index in [0.29, 0.717) is 35.1 Å². The highest BCUT2D eigenvalue weighted by molar-refractivity contribution is 9.10. The summed E-state index contributed by atoms with van der Waals surface area (Å²) in [5.41, 5.74) is 1.93. The minimum atomic E-state index is -0.465. The molecule has 1 amide bonds. The number of amides is 1. The van der Waals surface area contributed by atoms with E-state index in [1.54, 1.807) is 24.0 Å². The van der Waals surface area contributed by atoms with Crippen LogP contribution >= 0.6 is 27.7 Å². The third-order valence-electron chi connectivity index (χ3n) is 3.98. The van der Waals surface area contributed by atoms with Crippen LogP contribution in [0.25, 0.3) is 0 Å². The van der Waals surface area contributed by atoms with E-state index in [2.05, 4.69) is 20.9 Å². The van der Waals surface area contributed by atoms with Crippen LogP contribution < -0.4 is 0 Å². The number of nitro groups is 1. The van der Waals surface area contributed by atoms with Crippen LogP contribution in [0.4, 0.5) is 5.69 Å². The molecule has 0 fully saturated rings. The maximum Gasteiger partial charge on any atom is 0.273 e. The second kappa shape index (κ2) is 8.01. The van der Waals surface area contributed by atoms with Gasteiger partial charge in [-0.15, -0.1) is 0 Å². The van der Waals surface area contributed by atoms with Gasteiger partial charge < -0.3 is 0 Å². The zero-order chi connectivity index (χ0) is 18.7. The number of nitrogens with zero attached hydrogens (tertiary/aromatic N) is 3. The van der Waals surface area contributed by atoms with Gasteiger partial charge in [-0.05, 0) is 30.7 Å². The number of aliphatic imine (C=N–C) groups is 1. The van der Waals surface area contributed by atoms with Gasteiger partial charge in [0.05, 0.1) is 11.5 Å². The molecular weight excluding hydrogens is 418 g/mol. The highest BCUT2D eigenvalue weighted by Crippen LogP contribution is 2.25. The number of thioether (sulfide) groups is 1. The molecule has 0 saturated heterocycles. The van der Waals surface area contributed by atoms with Crippen LogP contribution in [-0.4, -0.2) is 34.0 Å². The molecule has 1 aliphatic heterocycles. The lowest BCUT2D eigenvalue weighted by Gasteiger charge is -2.18. The molecule has 6 nitrogen and oxygen atoms in total. The monoisotopic (exact) mass is 433 g/mol. The summed E-state index contributed by atoms with van der Waals surface area (Å²) in [6.07, 6.45) is 0. The largest absolute Gasteiger partial charge is 0.286 e. The highest BCUT2D eigenvalue weighted by Gasteiger charge is 2.26. The van der Waals surface area contributed by atoms with Crippen LogP contribution in [0, 0.1) is 17.0 Å². The van der Waals surface area contributed by atoms with E-state index in [4.69, 9.17) is 0 Å². The fourth-order valence-corrected chi connectivity index (χ4v) is 3.83. The van der Waals surface area contributed by atoms with E-state index in [1.807, 2.05) is 24.3 Å². The summed E-state index contributed by atoms with van der Waals surface area (Å²) in [7, 11) is 0. The van der Waals surface area contributed by atoms with Gasteiger partial charge in [-0.1, -0.05) is 45.9 Å². The molecule has 26 heavy (non-hydrogen) atoms. The fourth-order valence-electron chi connectivity index (χ4n) is 2.56. The Bertz CT molecular complexity index is 884. The summed E-state index contributed by atoms with van der Waals surface area (Å²) in [4.78, 5) is 29.5. The first-order valence-electron chi connectivity index (χ1n) is 7.94. The molecule has 0 bridgehead atoms. The molecule has 2 aromatic carbocycles. The Morgan fingerprint density at radius 1 is 1.31 bits per heavy atom. The number of nitro benzene ring substituents is 1. The first kappa shape index (κ1) is 18.6. The first-order chi connectivity index (χ1) is 12.5. The summed E-state index contributed by atoms with van der Waals surface area (Å²) in [6, 6.07) is 12.5. The van der Waals surface area contributed by atoms with Crippen molar-refractivity contribution < 1.29 is 9.72 Å². The van der Waals surface area contributed by atoms with Crippen LogP contribution in [0.5, 0.6) is 0 Å². The van der Waals surface area contributed by atoms with Gasteiger partial charge in [0.15, 0.2) is 5.17 Å². The number of aryl methyl sites for hydroxylation is 1. The second-order valence-corrected chi connectivity index (χ2v) is 7.65. The quantitative estimate of drug-likeness (QED) is 0.528.